The van der Waals surface area contributed by atoms with Gasteiger partial charge in [0.15, 0.2) is 17.1 Å². The first kappa shape index (κ1) is 23.8. The van der Waals surface area contributed by atoms with Crippen molar-refractivity contribution in [2.45, 2.75) is 6.92 Å². The number of pyridine rings is 1. The number of piperazine rings is 1. The van der Waals surface area contributed by atoms with Crippen LogP contribution in [0.4, 0.5) is 17.3 Å². The molecular weight excluding hydrogens is 506 g/mol. The second-order valence-corrected chi connectivity index (χ2v) is 9.67. The van der Waals surface area contributed by atoms with Gasteiger partial charge in [-0.15, -0.1) is 0 Å². The highest BCUT2D eigenvalue weighted by molar-refractivity contribution is 5.95. The molecule has 1 amide bonds. The summed E-state index contributed by atoms with van der Waals surface area (Å²) in [4.78, 5) is 47.7. The minimum Gasteiger partial charge on any atom is -0.368 e. The van der Waals surface area contributed by atoms with Crippen molar-refractivity contribution in [3.63, 3.8) is 0 Å². The van der Waals surface area contributed by atoms with Crippen LogP contribution in [0.25, 0.3) is 33.4 Å². The summed E-state index contributed by atoms with van der Waals surface area (Å²) >= 11 is 0. The number of carbonyl (C=O) groups excluding carboxylic acids is 1. The minimum absolute atomic E-state index is 0.117. The van der Waals surface area contributed by atoms with Crippen molar-refractivity contribution in [3.8, 4) is 5.82 Å². The number of anilines is 3. The number of hydrogen-bond acceptors (Lipinski definition) is 8. The van der Waals surface area contributed by atoms with E-state index in [9.17, 15) is 9.59 Å². The van der Waals surface area contributed by atoms with Crippen molar-refractivity contribution >= 4 is 50.8 Å². The molecule has 0 atom stereocenters. The molecular formula is C29H25N9O2. The number of amides is 1. The molecule has 1 saturated heterocycles. The Morgan fingerprint density at radius 2 is 1.62 bits per heavy atom. The Kier molecular flexibility index (Phi) is 5.62. The van der Waals surface area contributed by atoms with Crippen LogP contribution in [0.3, 0.4) is 0 Å². The van der Waals surface area contributed by atoms with Gasteiger partial charge in [-0.05, 0) is 48.5 Å². The van der Waals surface area contributed by atoms with Crippen LogP contribution in [0, 0.1) is 0 Å². The van der Waals surface area contributed by atoms with E-state index < -0.39 is 0 Å². The quantitative estimate of drug-likeness (QED) is 0.368. The molecule has 1 aliphatic heterocycles. The van der Waals surface area contributed by atoms with E-state index >= 15 is 0 Å². The zero-order valence-electron chi connectivity index (χ0n) is 21.7. The number of fused-ring (bicyclic) bond motifs is 4. The first-order valence-electron chi connectivity index (χ1n) is 13.0. The molecule has 0 saturated carbocycles. The smallest absolute Gasteiger partial charge is 0.284 e. The summed E-state index contributed by atoms with van der Waals surface area (Å²) in [6, 6.07) is 21.3. The first-order chi connectivity index (χ1) is 19.6. The number of nitrogens with zero attached hydrogens (tertiary/aromatic N) is 8. The maximum atomic E-state index is 13.7. The number of aromatic nitrogens is 6. The van der Waals surface area contributed by atoms with E-state index in [2.05, 4.69) is 25.2 Å². The first-order valence-corrected chi connectivity index (χ1v) is 13.0. The molecule has 7 rings (SSSR count). The highest BCUT2D eigenvalue weighted by Crippen LogP contribution is 2.25. The van der Waals surface area contributed by atoms with Gasteiger partial charge in [0.05, 0.1) is 5.52 Å². The minimum atomic E-state index is -0.275. The molecule has 40 heavy (non-hydrogen) atoms. The maximum Gasteiger partial charge on any atom is 0.284 e. The van der Waals surface area contributed by atoms with Gasteiger partial charge in [-0.1, -0.05) is 18.2 Å². The molecule has 1 N–H and O–H groups in total. The molecule has 11 nitrogen and oxygen atoms in total. The number of hydrogen-bond donors (Lipinski definition) is 1. The van der Waals surface area contributed by atoms with Gasteiger partial charge in [0.2, 0.25) is 11.9 Å². The SMILES string of the molecule is CC(=O)N1CCN(c2ccc(Nc3ncc4c(=O)n5c(nc4n3)c3ccccc3n5-c3ccccn3)cc2)CC1. The van der Waals surface area contributed by atoms with E-state index in [4.69, 9.17) is 4.98 Å². The molecule has 6 aromatic rings. The lowest BCUT2D eigenvalue weighted by Gasteiger charge is -2.35. The maximum absolute atomic E-state index is 13.7. The van der Waals surface area contributed by atoms with Crippen molar-refractivity contribution in [3.05, 3.63) is 89.5 Å². The van der Waals surface area contributed by atoms with Crippen LogP contribution in [0.1, 0.15) is 6.92 Å². The third-order valence-electron chi connectivity index (χ3n) is 7.26. The highest BCUT2D eigenvalue weighted by atomic mass is 16.2. The summed E-state index contributed by atoms with van der Waals surface area (Å²) < 4.78 is 3.30. The van der Waals surface area contributed by atoms with Gasteiger partial charge < -0.3 is 15.1 Å². The molecule has 1 fully saturated rings. The monoisotopic (exact) mass is 531 g/mol. The summed E-state index contributed by atoms with van der Waals surface area (Å²) in [5, 5.41) is 4.35. The van der Waals surface area contributed by atoms with E-state index in [0.717, 1.165) is 48.5 Å². The molecule has 11 heteroatoms. The average Bonchev–Trinajstić information content (AvgIpc) is 3.33. The Balaban J connectivity index is 1.22. The van der Waals surface area contributed by atoms with Crippen molar-refractivity contribution in [2.24, 2.45) is 0 Å². The number of nitrogens with one attached hydrogen (secondary N) is 1. The molecule has 0 bridgehead atoms. The zero-order chi connectivity index (χ0) is 27.2. The van der Waals surface area contributed by atoms with Crippen LogP contribution >= 0.6 is 0 Å². The molecule has 0 spiro atoms. The lowest BCUT2D eigenvalue weighted by atomic mass is 10.2. The third kappa shape index (κ3) is 3.99. The molecule has 0 radical (unpaired) electrons. The van der Waals surface area contributed by atoms with E-state index in [1.54, 1.807) is 17.8 Å². The number of rotatable bonds is 4. The van der Waals surface area contributed by atoms with Crippen molar-refractivity contribution in [1.82, 2.24) is 34.0 Å². The standard InChI is InChI=1S/C29H25N9O2/c1-19(39)35-14-16-36(17-15-35)21-11-9-20(10-12-21)32-29-31-18-23-26(34-29)33-27-22-6-2-3-7-24(22)37(38(27)28(23)40)25-8-4-5-13-30-25/h2-13,18H,14-17H2,1H3,(H,31,32,34). The van der Waals surface area contributed by atoms with Crippen LogP contribution in [0.5, 0.6) is 0 Å². The lowest BCUT2D eigenvalue weighted by molar-refractivity contribution is -0.129. The number of para-hydroxylation sites is 1. The van der Waals surface area contributed by atoms with Gasteiger partial charge in [-0.3, -0.25) is 9.59 Å². The van der Waals surface area contributed by atoms with Gasteiger partial charge in [-0.2, -0.15) is 9.50 Å². The summed E-state index contributed by atoms with van der Waals surface area (Å²) in [5.41, 5.74) is 3.26. The molecule has 1 aliphatic rings. The zero-order valence-corrected chi connectivity index (χ0v) is 21.7. The second-order valence-electron chi connectivity index (χ2n) is 9.67. The molecule has 4 aromatic heterocycles. The molecule has 0 unspecified atom stereocenters. The Morgan fingerprint density at radius 3 is 2.38 bits per heavy atom. The Morgan fingerprint density at radius 1 is 0.850 bits per heavy atom. The van der Waals surface area contributed by atoms with E-state index in [1.165, 1.54) is 10.7 Å². The van der Waals surface area contributed by atoms with Gasteiger partial charge in [-0.25, -0.2) is 19.6 Å². The molecule has 0 aliphatic carbocycles. The Bertz CT molecular complexity index is 1940. The summed E-state index contributed by atoms with van der Waals surface area (Å²) in [5.74, 6) is 1.08. The van der Waals surface area contributed by atoms with Crippen LogP contribution in [0.15, 0.2) is 83.9 Å². The highest BCUT2D eigenvalue weighted by Gasteiger charge is 2.20. The van der Waals surface area contributed by atoms with E-state index in [0.29, 0.717) is 28.4 Å². The fourth-order valence-corrected chi connectivity index (χ4v) is 5.21. The van der Waals surface area contributed by atoms with Crippen LogP contribution in [0.2, 0.25) is 0 Å². The Hall–Kier alpha value is -5.32. The van der Waals surface area contributed by atoms with Gasteiger partial charge in [0.1, 0.15) is 5.39 Å². The average molecular weight is 532 g/mol. The van der Waals surface area contributed by atoms with Crippen LogP contribution < -0.4 is 15.8 Å². The summed E-state index contributed by atoms with van der Waals surface area (Å²) in [6.07, 6.45) is 3.20. The van der Waals surface area contributed by atoms with Crippen molar-refractivity contribution in [1.29, 1.82) is 0 Å². The fraction of sp³-hybridized carbons (Fsp3) is 0.172. The summed E-state index contributed by atoms with van der Waals surface area (Å²) in [6.45, 7) is 4.65. The molecule has 198 valence electrons. The van der Waals surface area contributed by atoms with Crippen molar-refractivity contribution in [2.75, 3.05) is 36.4 Å². The van der Waals surface area contributed by atoms with E-state index in [-0.39, 0.29) is 11.5 Å². The Labute approximate surface area is 228 Å². The predicted molar refractivity (Wildman–Crippen MR) is 153 cm³/mol. The molecule has 5 heterocycles. The van der Waals surface area contributed by atoms with Crippen molar-refractivity contribution < 1.29 is 4.79 Å². The predicted octanol–water partition coefficient (Wildman–Crippen LogP) is 3.39. The normalized spacial score (nSPS) is 13.8. The van der Waals surface area contributed by atoms with Gasteiger partial charge in [0.25, 0.3) is 5.56 Å². The van der Waals surface area contributed by atoms with Crippen LogP contribution in [-0.4, -0.2) is 66.1 Å². The van der Waals surface area contributed by atoms with Gasteiger partial charge in [0, 0.05) is 62.3 Å². The van der Waals surface area contributed by atoms with Gasteiger partial charge >= 0.3 is 0 Å². The third-order valence-corrected chi connectivity index (χ3v) is 7.26. The number of benzene rings is 2. The van der Waals surface area contributed by atoms with Crippen LogP contribution in [-0.2, 0) is 4.79 Å². The topological polar surface area (TPSA) is 114 Å². The summed E-state index contributed by atoms with van der Waals surface area (Å²) in [7, 11) is 0. The lowest BCUT2D eigenvalue weighted by Crippen LogP contribution is -2.48. The van der Waals surface area contributed by atoms with E-state index in [1.807, 2.05) is 71.6 Å². The molecule has 2 aromatic carbocycles. The largest absolute Gasteiger partial charge is 0.368 e. The second kappa shape index (κ2) is 9.45. The fourth-order valence-electron chi connectivity index (χ4n) is 5.21. The number of carbonyl (C=O) groups is 1.